The van der Waals surface area contributed by atoms with Crippen LogP contribution in [-0.2, 0) is 14.4 Å². The Morgan fingerprint density at radius 2 is 1.56 bits per heavy atom. The van der Waals surface area contributed by atoms with Gasteiger partial charge < -0.3 is 15.7 Å². The van der Waals surface area contributed by atoms with Crippen molar-refractivity contribution in [3.8, 4) is 0 Å². The van der Waals surface area contributed by atoms with Gasteiger partial charge in [0.25, 0.3) is 0 Å². The van der Waals surface area contributed by atoms with Crippen molar-refractivity contribution in [1.29, 1.82) is 0 Å². The zero-order valence-corrected chi connectivity index (χ0v) is 11.2. The van der Waals surface area contributed by atoms with Gasteiger partial charge in [0.2, 0.25) is 11.8 Å². The van der Waals surface area contributed by atoms with Crippen molar-refractivity contribution in [3.63, 3.8) is 0 Å². The van der Waals surface area contributed by atoms with Crippen LogP contribution in [0.2, 0.25) is 0 Å². The first kappa shape index (κ1) is 16.4. The molecule has 0 saturated carbocycles. The molecule has 0 aromatic heterocycles. The van der Waals surface area contributed by atoms with E-state index in [0.29, 0.717) is 12.8 Å². The summed E-state index contributed by atoms with van der Waals surface area (Å²) in [5, 5.41) is 13.9. The standard InChI is InChI=1S/C12H22N2O4/c1-4-9(12(17)18)14-11(16)7-5-6-10(15)13-8(2)3/h8-9H,4-7H2,1-3H3,(H,13,15)(H,14,16)(H,17,18). The number of amides is 2. The third-order valence-corrected chi connectivity index (χ3v) is 2.30. The Kier molecular flexibility index (Phi) is 7.74. The summed E-state index contributed by atoms with van der Waals surface area (Å²) in [7, 11) is 0. The minimum Gasteiger partial charge on any atom is -0.480 e. The molecule has 18 heavy (non-hydrogen) atoms. The van der Waals surface area contributed by atoms with Gasteiger partial charge in [-0.3, -0.25) is 9.59 Å². The molecule has 0 spiro atoms. The molecule has 1 unspecified atom stereocenters. The molecule has 0 aliphatic heterocycles. The molecule has 3 N–H and O–H groups in total. The molecule has 0 rings (SSSR count). The lowest BCUT2D eigenvalue weighted by atomic mass is 10.2. The van der Waals surface area contributed by atoms with Gasteiger partial charge in [0.1, 0.15) is 6.04 Å². The topological polar surface area (TPSA) is 95.5 Å². The number of rotatable bonds is 8. The summed E-state index contributed by atoms with van der Waals surface area (Å²) in [5.74, 6) is -1.46. The maximum absolute atomic E-state index is 11.4. The second-order valence-corrected chi connectivity index (χ2v) is 4.44. The highest BCUT2D eigenvalue weighted by atomic mass is 16.4. The van der Waals surface area contributed by atoms with Crippen molar-refractivity contribution in [1.82, 2.24) is 10.6 Å². The molecule has 6 nitrogen and oxygen atoms in total. The number of nitrogens with one attached hydrogen (secondary N) is 2. The maximum atomic E-state index is 11.4. The van der Waals surface area contributed by atoms with Gasteiger partial charge in [-0.1, -0.05) is 6.92 Å². The number of carbonyl (C=O) groups is 3. The van der Waals surface area contributed by atoms with Crippen molar-refractivity contribution < 1.29 is 19.5 Å². The highest BCUT2D eigenvalue weighted by Gasteiger charge is 2.17. The van der Waals surface area contributed by atoms with Crippen LogP contribution in [0.5, 0.6) is 0 Å². The summed E-state index contributed by atoms with van der Waals surface area (Å²) in [4.78, 5) is 33.4. The van der Waals surface area contributed by atoms with Crippen molar-refractivity contribution in [2.45, 2.75) is 58.5 Å². The van der Waals surface area contributed by atoms with E-state index in [1.807, 2.05) is 13.8 Å². The van der Waals surface area contributed by atoms with E-state index >= 15 is 0 Å². The van der Waals surface area contributed by atoms with Crippen molar-refractivity contribution >= 4 is 17.8 Å². The number of hydrogen-bond acceptors (Lipinski definition) is 3. The lowest BCUT2D eigenvalue weighted by Gasteiger charge is -2.12. The van der Waals surface area contributed by atoms with Gasteiger partial charge in [0, 0.05) is 18.9 Å². The van der Waals surface area contributed by atoms with E-state index in [9.17, 15) is 14.4 Å². The largest absolute Gasteiger partial charge is 0.480 e. The average molecular weight is 258 g/mol. The fraction of sp³-hybridized carbons (Fsp3) is 0.750. The predicted octanol–water partition coefficient (Wildman–Crippen LogP) is 0.661. The molecule has 0 fully saturated rings. The predicted molar refractivity (Wildman–Crippen MR) is 67.0 cm³/mol. The van der Waals surface area contributed by atoms with Gasteiger partial charge in [-0.25, -0.2) is 4.79 Å². The highest BCUT2D eigenvalue weighted by Crippen LogP contribution is 1.98. The normalized spacial score (nSPS) is 12.0. The van der Waals surface area contributed by atoms with Gasteiger partial charge >= 0.3 is 5.97 Å². The molecule has 0 aliphatic rings. The number of hydrogen-bond donors (Lipinski definition) is 3. The van der Waals surface area contributed by atoms with Crippen molar-refractivity contribution in [3.05, 3.63) is 0 Å². The van der Waals surface area contributed by atoms with E-state index in [-0.39, 0.29) is 30.7 Å². The first-order valence-electron chi connectivity index (χ1n) is 6.18. The second kappa shape index (κ2) is 8.49. The Labute approximate surface area is 107 Å². The van der Waals surface area contributed by atoms with E-state index in [0.717, 1.165) is 0 Å². The fourth-order valence-corrected chi connectivity index (χ4v) is 1.41. The van der Waals surface area contributed by atoms with Gasteiger partial charge in [-0.2, -0.15) is 0 Å². The summed E-state index contributed by atoms with van der Waals surface area (Å²) in [6.45, 7) is 5.42. The third kappa shape index (κ3) is 7.65. The molecule has 1 atom stereocenters. The number of aliphatic carboxylic acids is 1. The van der Waals surface area contributed by atoms with Crippen LogP contribution < -0.4 is 10.6 Å². The number of carboxylic acid groups (broad SMARTS) is 1. The van der Waals surface area contributed by atoms with Crippen LogP contribution in [0.15, 0.2) is 0 Å². The van der Waals surface area contributed by atoms with E-state index in [1.165, 1.54) is 0 Å². The molecule has 0 saturated heterocycles. The van der Waals surface area contributed by atoms with Gasteiger partial charge in [0.05, 0.1) is 0 Å². The molecule has 0 heterocycles. The van der Waals surface area contributed by atoms with Crippen molar-refractivity contribution in [2.24, 2.45) is 0 Å². The molecule has 0 aliphatic carbocycles. The molecule has 0 radical (unpaired) electrons. The van der Waals surface area contributed by atoms with Crippen LogP contribution in [0.3, 0.4) is 0 Å². The smallest absolute Gasteiger partial charge is 0.326 e. The summed E-state index contributed by atoms with van der Waals surface area (Å²) >= 11 is 0. The molecular weight excluding hydrogens is 236 g/mol. The fourth-order valence-electron chi connectivity index (χ4n) is 1.41. The van der Waals surface area contributed by atoms with Crippen LogP contribution in [0.25, 0.3) is 0 Å². The first-order chi connectivity index (χ1) is 8.36. The Bertz CT molecular complexity index is 302. The van der Waals surface area contributed by atoms with Gasteiger partial charge in [-0.15, -0.1) is 0 Å². The lowest BCUT2D eigenvalue weighted by Crippen LogP contribution is -2.40. The maximum Gasteiger partial charge on any atom is 0.326 e. The molecule has 104 valence electrons. The SMILES string of the molecule is CCC(NC(=O)CCCC(=O)NC(C)C)C(=O)O. The average Bonchev–Trinajstić information content (AvgIpc) is 2.24. The van der Waals surface area contributed by atoms with Crippen LogP contribution in [0.1, 0.15) is 46.5 Å². The highest BCUT2D eigenvalue weighted by molar-refractivity contribution is 5.84. The van der Waals surface area contributed by atoms with Crippen LogP contribution in [-0.4, -0.2) is 35.0 Å². The van der Waals surface area contributed by atoms with Crippen molar-refractivity contribution in [2.75, 3.05) is 0 Å². The molecule has 0 aromatic carbocycles. The van der Waals surface area contributed by atoms with Gasteiger partial charge in [-0.05, 0) is 26.7 Å². The Morgan fingerprint density at radius 3 is 1.94 bits per heavy atom. The van der Waals surface area contributed by atoms with E-state index in [1.54, 1.807) is 6.92 Å². The second-order valence-electron chi connectivity index (χ2n) is 4.44. The number of carbonyl (C=O) groups excluding carboxylic acids is 2. The lowest BCUT2D eigenvalue weighted by molar-refractivity contribution is -0.142. The molecule has 0 aromatic rings. The zero-order valence-electron chi connectivity index (χ0n) is 11.2. The summed E-state index contributed by atoms with van der Waals surface area (Å²) in [5.41, 5.74) is 0. The first-order valence-corrected chi connectivity index (χ1v) is 6.18. The van der Waals surface area contributed by atoms with Gasteiger partial charge in [0.15, 0.2) is 0 Å². The molecule has 0 bridgehead atoms. The summed E-state index contributed by atoms with van der Waals surface area (Å²) in [6.07, 6.45) is 1.19. The van der Waals surface area contributed by atoms with Crippen LogP contribution >= 0.6 is 0 Å². The number of carboxylic acids is 1. The monoisotopic (exact) mass is 258 g/mol. The third-order valence-electron chi connectivity index (χ3n) is 2.30. The van der Waals surface area contributed by atoms with Crippen LogP contribution in [0.4, 0.5) is 0 Å². The summed E-state index contributed by atoms with van der Waals surface area (Å²) in [6, 6.07) is -0.759. The van der Waals surface area contributed by atoms with E-state index in [2.05, 4.69) is 10.6 Å². The Morgan fingerprint density at radius 1 is 1.06 bits per heavy atom. The minimum atomic E-state index is -1.04. The molecule has 6 heteroatoms. The van der Waals surface area contributed by atoms with E-state index < -0.39 is 12.0 Å². The van der Waals surface area contributed by atoms with Crippen LogP contribution in [0, 0.1) is 0 Å². The molecule has 2 amide bonds. The quantitative estimate of drug-likeness (QED) is 0.596. The minimum absolute atomic E-state index is 0.0859. The molecular formula is C12H22N2O4. The zero-order chi connectivity index (χ0) is 14.1. The summed E-state index contributed by atoms with van der Waals surface area (Å²) < 4.78 is 0. The van der Waals surface area contributed by atoms with E-state index in [4.69, 9.17) is 5.11 Å². The Balaban J connectivity index is 3.83. The Hall–Kier alpha value is -1.59.